The number of nitrogens with one attached hydrogen (secondary N) is 1. The zero-order valence-corrected chi connectivity index (χ0v) is 9.11. The van der Waals surface area contributed by atoms with Gasteiger partial charge >= 0.3 is 0 Å². The third kappa shape index (κ3) is 1.71. The molecule has 1 saturated carbocycles. The van der Waals surface area contributed by atoms with E-state index in [2.05, 4.69) is 20.3 Å². The fourth-order valence-corrected chi connectivity index (χ4v) is 2.08. The first-order valence-electron chi connectivity index (χ1n) is 5.71. The first-order valence-corrected chi connectivity index (χ1v) is 5.71. The zero-order chi connectivity index (χ0) is 10.3. The van der Waals surface area contributed by atoms with E-state index in [-0.39, 0.29) is 0 Å². The molecule has 5 nitrogen and oxygen atoms in total. The zero-order valence-electron chi connectivity index (χ0n) is 9.11. The molecule has 0 bridgehead atoms. The van der Waals surface area contributed by atoms with E-state index in [1.165, 1.54) is 18.7 Å². The van der Waals surface area contributed by atoms with Gasteiger partial charge in [-0.15, -0.1) is 5.10 Å². The molecule has 82 valence electrons. The van der Waals surface area contributed by atoms with Crippen molar-refractivity contribution in [1.29, 1.82) is 0 Å². The van der Waals surface area contributed by atoms with Gasteiger partial charge in [-0.25, -0.2) is 0 Å². The average Bonchev–Trinajstić information content (AvgIpc) is 3.04. The molecule has 0 atom stereocenters. The Morgan fingerprint density at radius 3 is 2.67 bits per heavy atom. The van der Waals surface area contributed by atoms with Crippen molar-refractivity contribution in [1.82, 2.24) is 20.1 Å². The largest absolute Gasteiger partial charge is 0.337 e. The quantitative estimate of drug-likeness (QED) is 0.747. The summed E-state index contributed by atoms with van der Waals surface area (Å²) in [5, 5.41) is 7.84. The maximum atomic E-state index is 4.65. The van der Waals surface area contributed by atoms with Gasteiger partial charge in [0.1, 0.15) is 5.82 Å². The monoisotopic (exact) mass is 207 g/mol. The lowest BCUT2D eigenvalue weighted by Crippen LogP contribution is -2.44. The first kappa shape index (κ1) is 9.15. The fourth-order valence-electron chi connectivity index (χ4n) is 2.08. The molecule has 0 spiro atoms. The van der Waals surface area contributed by atoms with E-state index >= 15 is 0 Å². The van der Waals surface area contributed by atoms with E-state index < -0.39 is 0 Å². The highest BCUT2D eigenvalue weighted by Crippen LogP contribution is 2.39. The molecule has 2 aliphatic rings. The van der Waals surface area contributed by atoms with Gasteiger partial charge < -0.3 is 10.2 Å². The number of nitrogens with zero attached hydrogens (tertiary/aromatic N) is 4. The van der Waals surface area contributed by atoms with Gasteiger partial charge in [-0.3, -0.25) is 4.68 Å². The molecule has 0 radical (unpaired) electrons. The topological polar surface area (TPSA) is 46.0 Å². The van der Waals surface area contributed by atoms with Crippen molar-refractivity contribution in [2.45, 2.75) is 18.8 Å². The predicted molar refractivity (Wildman–Crippen MR) is 58.1 cm³/mol. The smallest absolute Gasteiger partial charge is 0.245 e. The first-order chi connectivity index (χ1) is 7.34. The third-order valence-electron chi connectivity index (χ3n) is 3.13. The Morgan fingerprint density at radius 2 is 2.00 bits per heavy atom. The lowest BCUT2D eigenvalue weighted by molar-refractivity contribution is 0.577. The summed E-state index contributed by atoms with van der Waals surface area (Å²) in [6.07, 6.45) is 2.57. The standard InChI is InChI=1S/C10H17N5/c1-14-9(8-2-3-8)12-10(13-14)15-6-4-11-5-7-15/h8,11H,2-7H2,1H3. The lowest BCUT2D eigenvalue weighted by atomic mass is 10.4. The SMILES string of the molecule is Cn1nc(N2CCNCC2)nc1C1CC1. The van der Waals surface area contributed by atoms with Crippen LogP contribution >= 0.6 is 0 Å². The van der Waals surface area contributed by atoms with Gasteiger partial charge in [0.2, 0.25) is 5.95 Å². The minimum absolute atomic E-state index is 0.680. The maximum Gasteiger partial charge on any atom is 0.245 e. The Morgan fingerprint density at radius 1 is 1.27 bits per heavy atom. The summed E-state index contributed by atoms with van der Waals surface area (Å²) < 4.78 is 1.95. The van der Waals surface area contributed by atoms with Crippen molar-refractivity contribution in [2.24, 2.45) is 7.05 Å². The second-order valence-electron chi connectivity index (χ2n) is 4.40. The minimum atomic E-state index is 0.680. The van der Waals surface area contributed by atoms with Gasteiger partial charge in [-0.2, -0.15) is 4.98 Å². The van der Waals surface area contributed by atoms with Crippen LogP contribution in [0.4, 0.5) is 5.95 Å². The van der Waals surface area contributed by atoms with Crippen LogP contribution < -0.4 is 10.2 Å². The average molecular weight is 207 g/mol. The van der Waals surface area contributed by atoms with Gasteiger partial charge in [0.05, 0.1) is 0 Å². The normalized spacial score (nSPS) is 22.1. The molecule has 1 aromatic heterocycles. The summed E-state index contributed by atoms with van der Waals surface area (Å²) in [5.74, 6) is 2.77. The van der Waals surface area contributed by atoms with E-state index in [1.54, 1.807) is 0 Å². The highest BCUT2D eigenvalue weighted by atomic mass is 15.4. The summed E-state index contributed by atoms with van der Waals surface area (Å²) in [6.45, 7) is 4.12. The highest BCUT2D eigenvalue weighted by molar-refractivity contribution is 5.31. The molecule has 1 saturated heterocycles. The number of anilines is 1. The number of piperazine rings is 1. The second-order valence-corrected chi connectivity index (χ2v) is 4.40. The van der Waals surface area contributed by atoms with Crippen LogP contribution in [0.2, 0.25) is 0 Å². The van der Waals surface area contributed by atoms with Crippen LogP contribution in [-0.2, 0) is 7.05 Å². The molecule has 1 aromatic rings. The molecular formula is C10H17N5. The molecule has 1 aliphatic carbocycles. The molecule has 1 aliphatic heterocycles. The van der Waals surface area contributed by atoms with Crippen molar-refractivity contribution in [3.8, 4) is 0 Å². The Labute approximate surface area is 89.5 Å². The molecule has 0 aromatic carbocycles. The van der Waals surface area contributed by atoms with Crippen LogP contribution in [0.25, 0.3) is 0 Å². The van der Waals surface area contributed by atoms with Gasteiger partial charge in [-0.05, 0) is 12.8 Å². The minimum Gasteiger partial charge on any atom is -0.337 e. The molecule has 2 heterocycles. The maximum absolute atomic E-state index is 4.65. The lowest BCUT2D eigenvalue weighted by Gasteiger charge is -2.25. The Kier molecular flexibility index (Phi) is 2.12. The highest BCUT2D eigenvalue weighted by Gasteiger charge is 2.29. The second kappa shape index (κ2) is 3.48. The van der Waals surface area contributed by atoms with Crippen LogP contribution in [0.3, 0.4) is 0 Å². The van der Waals surface area contributed by atoms with Crippen molar-refractivity contribution >= 4 is 5.95 Å². The summed E-state index contributed by atoms with van der Waals surface area (Å²) in [6, 6.07) is 0. The van der Waals surface area contributed by atoms with E-state index in [0.717, 1.165) is 32.1 Å². The van der Waals surface area contributed by atoms with E-state index in [9.17, 15) is 0 Å². The van der Waals surface area contributed by atoms with Crippen LogP contribution in [0.5, 0.6) is 0 Å². The molecule has 0 amide bonds. The molecule has 3 rings (SSSR count). The van der Waals surface area contributed by atoms with E-state index in [4.69, 9.17) is 0 Å². The van der Waals surface area contributed by atoms with Crippen LogP contribution in [0, 0.1) is 0 Å². The van der Waals surface area contributed by atoms with Gasteiger partial charge in [0.25, 0.3) is 0 Å². The molecule has 5 heteroatoms. The summed E-state index contributed by atoms with van der Waals surface area (Å²) in [7, 11) is 2.01. The molecule has 0 unspecified atom stereocenters. The van der Waals surface area contributed by atoms with E-state index in [1.807, 2.05) is 11.7 Å². The fraction of sp³-hybridized carbons (Fsp3) is 0.800. The molecular weight excluding hydrogens is 190 g/mol. The van der Waals surface area contributed by atoms with Crippen molar-refractivity contribution in [2.75, 3.05) is 31.1 Å². The van der Waals surface area contributed by atoms with Crippen LogP contribution in [-0.4, -0.2) is 40.9 Å². The predicted octanol–water partition coefficient (Wildman–Crippen LogP) is 0.102. The van der Waals surface area contributed by atoms with Gasteiger partial charge in [0.15, 0.2) is 0 Å². The van der Waals surface area contributed by atoms with Crippen LogP contribution in [0.1, 0.15) is 24.6 Å². The number of rotatable bonds is 2. The van der Waals surface area contributed by atoms with Gasteiger partial charge in [0, 0.05) is 39.1 Å². The number of aromatic nitrogens is 3. The molecule has 2 fully saturated rings. The van der Waals surface area contributed by atoms with Crippen LogP contribution in [0.15, 0.2) is 0 Å². The number of hydrogen-bond donors (Lipinski definition) is 1. The molecule has 15 heavy (non-hydrogen) atoms. The van der Waals surface area contributed by atoms with Crippen molar-refractivity contribution in [3.63, 3.8) is 0 Å². The Bertz CT molecular complexity index is 349. The van der Waals surface area contributed by atoms with Crippen molar-refractivity contribution in [3.05, 3.63) is 5.82 Å². The molecule has 1 N–H and O–H groups in total. The van der Waals surface area contributed by atoms with Gasteiger partial charge in [-0.1, -0.05) is 0 Å². The number of hydrogen-bond acceptors (Lipinski definition) is 4. The Hall–Kier alpha value is -1.10. The summed E-state index contributed by atoms with van der Waals surface area (Å²) in [4.78, 5) is 6.91. The Balaban J connectivity index is 1.81. The van der Waals surface area contributed by atoms with E-state index in [0.29, 0.717) is 5.92 Å². The summed E-state index contributed by atoms with van der Waals surface area (Å²) >= 11 is 0. The summed E-state index contributed by atoms with van der Waals surface area (Å²) in [5.41, 5.74) is 0. The van der Waals surface area contributed by atoms with Crippen molar-refractivity contribution < 1.29 is 0 Å². The number of aryl methyl sites for hydroxylation is 1. The third-order valence-corrected chi connectivity index (χ3v) is 3.13.